The average molecular weight is 246 g/mol. The van der Waals surface area contributed by atoms with Crippen molar-refractivity contribution in [2.24, 2.45) is 0 Å². The topological polar surface area (TPSA) is 12.0 Å². The molecule has 0 spiro atoms. The molecule has 1 aromatic rings. The lowest BCUT2D eigenvalue weighted by molar-refractivity contribution is 0.499. The van der Waals surface area contributed by atoms with Gasteiger partial charge >= 0.3 is 0 Å². The van der Waals surface area contributed by atoms with E-state index in [0.717, 1.165) is 17.3 Å². The van der Waals surface area contributed by atoms with Crippen molar-refractivity contribution < 1.29 is 0 Å². The van der Waals surface area contributed by atoms with Gasteiger partial charge in [-0.2, -0.15) is 0 Å². The highest BCUT2D eigenvalue weighted by Gasteiger charge is 2.01. The molecule has 0 aliphatic heterocycles. The summed E-state index contributed by atoms with van der Waals surface area (Å²) < 4.78 is 0.893. The Balaban J connectivity index is 2.10. The quantitative estimate of drug-likeness (QED) is 0.762. The summed E-state index contributed by atoms with van der Waals surface area (Å²) in [6.45, 7) is 5.55. The summed E-state index contributed by atoms with van der Waals surface area (Å²) in [5, 5.41) is 3.54. The van der Waals surface area contributed by atoms with Crippen LogP contribution in [0.5, 0.6) is 0 Å². The summed E-state index contributed by atoms with van der Waals surface area (Å²) in [5.74, 6) is 0. The second-order valence-electron chi connectivity index (χ2n) is 3.95. The van der Waals surface area contributed by atoms with Crippen LogP contribution in [0.4, 0.5) is 0 Å². The lowest BCUT2D eigenvalue weighted by atomic mass is 10.1. The van der Waals surface area contributed by atoms with Gasteiger partial charge in [-0.15, -0.1) is 11.3 Å². The minimum Gasteiger partial charge on any atom is -0.314 e. The number of nitrogens with one attached hydrogen (secondary N) is 1. The van der Waals surface area contributed by atoms with E-state index in [1.165, 1.54) is 24.1 Å². The molecule has 0 radical (unpaired) electrons. The van der Waals surface area contributed by atoms with Gasteiger partial charge in [0.05, 0.1) is 4.34 Å². The van der Waals surface area contributed by atoms with Crippen LogP contribution in [0.1, 0.15) is 38.0 Å². The molecular weight excluding hydrogens is 226 g/mol. The van der Waals surface area contributed by atoms with Crippen molar-refractivity contribution in [3.63, 3.8) is 0 Å². The average Bonchev–Trinajstić information content (AvgIpc) is 2.61. The molecule has 1 aromatic heterocycles. The maximum atomic E-state index is 5.87. The van der Waals surface area contributed by atoms with Gasteiger partial charge in [0.25, 0.3) is 0 Å². The van der Waals surface area contributed by atoms with Crippen LogP contribution in [0.2, 0.25) is 4.34 Å². The van der Waals surface area contributed by atoms with E-state index in [1.54, 1.807) is 11.3 Å². The van der Waals surface area contributed by atoms with Crippen LogP contribution in [0.3, 0.4) is 0 Å². The normalized spacial score (nSPS) is 13.0. The predicted molar refractivity (Wildman–Crippen MR) is 70.0 cm³/mol. The zero-order valence-corrected chi connectivity index (χ0v) is 11.1. The number of halogens is 1. The first-order valence-corrected chi connectivity index (χ1v) is 6.89. The molecular formula is C12H20ClNS. The highest BCUT2D eigenvalue weighted by atomic mass is 35.5. The van der Waals surface area contributed by atoms with Gasteiger partial charge in [-0.05, 0) is 31.9 Å². The van der Waals surface area contributed by atoms with Gasteiger partial charge in [-0.3, -0.25) is 0 Å². The molecule has 15 heavy (non-hydrogen) atoms. The van der Waals surface area contributed by atoms with Gasteiger partial charge in [-0.25, -0.2) is 0 Å². The molecule has 0 saturated carbocycles. The number of thiophene rings is 1. The molecule has 1 unspecified atom stereocenters. The zero-order chi connectivity index (χ0) is 11.1. The fraction of sp³-hybridized carbons (Fsp3) is 0.667. The lowest BCUT2D eigenvalue weighted by Crippen LogP contribution is -2.27. The van der Waals surface area contributed by atoms with E-state index < -0.39 is 0 Å². The van der Waals surface area contributed by atoms with Gasteiger partial charge in [0.1, 0.15) is 0 Å². The summed E-state index contributed by atoms with van der Waals surface area (Å²) in [6.07, 6.45) is 4.97. The molecule has 86 valence electrons. The molecule has 0 aliphatic carbocycles. The highest BCUT2D eigenvalue weighted by Crippen LogP contribution is 2.21. The fourth-order valence-electron chi connectivity index (χ4n) is 1.54. The standard InChI is InChI=1S/C12H20ClNS/c1-3-4-5-10(2)14-9-8-11-6-7-12(13)15-11/h6-7,10,14H,3-5,8-9H2,1-2H3. The Morgan fingerprint density at radius 1 is 1.47 bits per heavy atom. The van der Waals surface area contributed by atoms with Crippen LogP contribution in [-0.4, -0.2) is 12.6 Å². The van der Waals surface area contributed by atoms with Gasteiger partial charge < -0.3 is 5.32 Å². The van der Waals surface area contributed by atoms with Crippen molar-refractivity contribution in [2.75, 3.05) is 6.54 Å². The number of hydrogen-bond donors (Lipinski definition) is 1. The van der Waals surface area contributed by atoms with E-state index in [9.17, 15) is 0 Å². The summed E-state index contributed by atoms with van der Waals surface area (Å²) in [5.41, 5.74) is 0. The molecule has 1 atom stereocenters. The van der Waals surface area contributed by atoms with Crippen molar-refractivity contribution >= 4 is 22.9 Å². The Labute approximate surface area is 102 Å². The third kappa shape index (κ3) is 5.55. The summed E-state index contributed by atoms with van der Waals surface area (Å²) in [4.78, 5) is 1.37. The molecule has 1 N–H and O–H groups in total. The van der Waals surface area contributed by atoms with E-state index in [1.807, 2.05) is 6.07 Å². The number of rotatable bonds is 7. The molecule has 1 nitrogen and oxygen atoms in total. The third-order valence-corrected chi connectivity index (χ3v) is 3.77. The predicted octanol–water partition coefficient (Wildman–Crippen LogP) is 4.11. The number of unbranched alkanes of at least 4 members (excludes halogenated alkanes) is 1. The highest BCUT2D eigenvalue weighted by molar-refractivity contribution is 7.16. The van der Waals surface area contributed by atoms with E-state index in [-0.39, 0.29) is 0 Å². The maximum absolute atomic E-state index is 5.87. The third-order valence-electron chi connectivity index (χ3n) is 2.48. The smallest absolute Gasteiger partial charge is 0.0931 e. The molecule has 0 bridgehead atoms. The van der Waals surface area contributed by atoms with E-state index in [4.69, 9.17) is 11.6 Å². The van der Waals surface area contributed by atoms with Crippen molar-refractivity contribution in [3.8, 4) is 0 Å². The molecule has 0 amide bonds. The molecule has 1 rings (SSSR count). The first-order chi connectivity index (χ1) is 7.22. The minimum absolute atomic E-state index is 0.639. The zero-order valence-electron chi connectivity index (χ0n) is 9.55. The molecule has 0 saturated heterocycles. The Morgan fingerprint density at radius 2 is 2.27 bits per heavy atom. The SMILES string of the molecule is CCCCC(C)NCCc1ccc(Cl)s1. The van der Waals surface area contributed by atoms with Crippen LogP contribution in [-0.2, 0) is 6.42 Å². The summed E-state index contributed by atoms with van der Waals surface area (Å²) >= 11 is 7.55. The van der Waals surface area contributed by atoms with Crippen LogP contribution in [0.15, 0.2) is 12.1 Å². The van der Waals surface area contributed by atoms with Crippen LogP contribution in [0.25, 0.3) is 0 Å². The monoisotopic (exact) mass is 245 g/mol. The van der Waals surface area contributed by atoms with Crippen molar-refractivity contribution in [1.82, 2.24) is 5.32 Å². The van der Waals surface area contributed by atoms with Gasteiger partial charge in [0, 0.05) is 17.5 Å². The lowest BCUT2D eigenvalue weighted by Gasteiger charge is -2.12. The first kappa shape index (κ1) is 13.0. The molecule has 0 fully saturated rings. The van der Waals surface area contributed by atoms with Crippen LogP contribution in [0, 0.1) is 0 Å². The Bertz CT molecular complexity index is 272. The molecule has 1 heterocycles. The van der Waals surface area contributed by atoms with E-state index >= 15 is 0 Å². The Kier molecular flexibility index (Phi) is 6.30. The largest absolute Gasteiger partial charge is 0.314 e. The second kappa shape index (κ2) is 7.26. The van der Waals surface area contributed by atoms with Crippen LogP contribution < -0.4 is 5.32 Å². The van der Waals surface area contributed by atoms with Gasteiger partial charge in [0.2, 0.25) is 0 Å². The first-order valence-electron chi connectivity index (χ1n) is 5.70. The van der Waals surface area contributed by atoms with Crippen molar-refractivity contribution in [2.45, 2.75) is 45.6 Å². The summed E-state index contributed by atoms with van der Waals surface area (Å²) in [7, 11) is 0. The Morgan fingerprint density at radius 3 is 2.87 bits per heavy atom. The van der Waals surface area contributed by atoms with Gasteiger partial charge in [0.15, 0.2) is 0 Å². The second-order valence-corrected chi connectivity index (χ2v) is 5.75. The Hall–Kier alpha value is -0.0500. The van der Waals surface area contributed by atoms with E-state index in [2.05, 4.69) is 25.2 Å². The van der Waals surface area contributed by atoms with Crippen LogP contribution >= 0.6 is 22.9 Å². The number of hydrogen-bond acceptors (Lipinski definition) is 2. The maximum Gasteiger partial charge on any atom is 0.0931 e. The van der Waals surface area contributed by atoms with E-state index in [0.29, 0.717) is 6.04 Å². The summed E-state index contributed by atoms with van der Waals surface area (Å²) in [6, 6.07) is 4.73. The van der Waals surface area contributed by atoms with Crippen molar-refractivity contribution in [3.05, 3.63) is 21.3 Å². The van der Waals surface area contributed by atoms with Gasteiger partial charge in [-0.1, -0.05) is 31.4 Å². The molecule has 3 heteroatoms. The molecule has 0 aromatic carbocycles. The van der Waals surface area contributed by atoms with Crippen molar-refractivity contribution in [1.29, 1.82) is 0 Å². The fourth-order valence-corrected chi connectivity index (χ4v) is 2.63. The molecule has 0 aliphatic rings. The minimum atomic E-state index is 0.639.